The van der Waals surface area contributed by atoms with Crippen molar-refractivity contribution < 1.29 is 27.4 Å². The smallest absolute Gasteiger partial charge is 0.417 e. The number of esters is 1. The minimum atomic E-state index is -4.44. The molecule has 6 nitrogen and oxygen atoms in total. The van der Waals surface area contributed by atoms with Crippen LogP contribution in [0, 0.1) is 11.8 Å². The highest BCUT2D eigenvalue weighted by Crippen LogP contribution is 2.40. The van der Waals surface area contributed by atoms with Crippen LogP contribution in [-0.4, -0.2) is 54.3 Å². The van der Waals surface area contributed by atoms with E-state index in [-0.39, 0.29) is 18.3 Å². The molecule has 2 atom stereocenters. The van der Waals surface area contributed by atoms with E-state index in [9.17, 15) is 18.0 Å². The van der Waals surface area contributed by atoms with Gasteiger partial charge in [-0.25, -0.2) is 4.98 Å². The van der Waals surface area contributed by atoms with Crippen LogP contribution in [0.1, 0.15) is 58.9 Å². The number of carbonyl (C=O) groups is 1. The van der Waals surface area contributed by atoms with E-state index >= 15 is 0 Å². The van der Waals surface area contributed by atoms with E-state index in [1.54, 1.807) is 0 Å². The van der Waals surface area contributed by atoms with Gasteiger partial charge in [0.15, 0.2) is 0 Å². The Morgan fingerprint density at radius 2 is 1.97 bits per heavy atom. The third kappa shape index (κ3) is 6.88. The Hall–Kier alpha value is -2.39. The maximum absolute atomic E-state index is 13.1. The van der Waals surface area contributed by atoms with Crippen LogP contribution in [0.2, 0.25) is 0 Å². The molecule has 1 aliphatic heterocycles. The number of allylic oxidation sites excluding steroid dienone is 2. The molecule has 0 bridgehead atoms. The number of halogens is 3. The topological polar surface area (TPSA) is 63.7 Å². The van der Waals surface area contributed by atoms with Crippen molar-refractivity contribution in [2.75, 3.05) is 32.2 Å². The zero-order valence-corrected chi connectivity index (χ0v) is 21.8. The molecule has 1 aromatic rings. The fourth-order valence-electron chi connectivity index (χ4n) is 4.96. The monoisotopic (exact) mass is 509 g/mol. The number of pyridine rings is 1. The fourth-order valence-corrected chi connectivity index (χ4v) is 4.96. The molecule has 0 aromatic carbocycles. The summed E-state index contributed by atoms with van der Waals surface area (Å²) in [6, 6.07) is 2.72. The average molecular weight is 510 g/mol. The molecule has 2 heterocycles. The van der Waals surface area contributed by atoms with Crippen molar-refractivity contribution in [2.24, 2.45) is 11.8 Å². The highest BCUT2D eigenvalue weighted by molar-refractivity contribution is 5.70. The third-order valence-corrected chi connectivity index (χ3v) is 7.08. The molecule has 3 rings (SSSR count). The lowest BCUT2D eigenvalue weighted by atomic mass is 9.79. The predicted molar refractivity (Wildman–Crippen MR) is 133 cm³/mol. The summed E-state index contributed by atoms with van der Waals surface area (Å²) in [5.74, 6) is 0.409. The SMILES string of the molecule is COC(=O)C[C@@H](C)C1=CCC(C)(N(CC(C)C)C2CCOCC2)C(Nc2ccc(C(F)(F)F)cn2)=C1. The summed E-state index contributed by atoms with van der Waals surface area (Å²) in [7, 11) is 1.37. The number of rotatable bonds is 9. The summed E-state index contributed by atoms with van der Waals surface area (Å²) in [6.45, 7) is 10.8. The number of methoxy groups -OCH3 is 1. The van der Waals surface area contributed by atoms with Gasteiger partial charge in [-0.2, -0.15) is 13.2 Å². The van der Waals surface area contributed by atoms with Gasteiger partial charge >= 0.3 is 12.1 Å². The Morgan fingerprint density at radius 3 is 2.53 bits per heavy atom. The first-order valence-corrected chi connectivity index (χ1v) is 12.6. The van der Waals surface area contributed by atoms with E-state index < -0.39 is 17.3 Å². The van der Waals surface area contributed by atoms with Crippen LogP contribution in [0.25, 0.3) is 0 Å². The number of hydrogen-bond acceptors (Lipinski definition) is 6. The van der Waals surface area contributed by atoms with Crippen LogP contribution in [-0.2, 0) is 20.4 Å². The molecule has 0 saturated carbocycles. The molecule has 1 N–H and O–H groups in total. The lowest BCUT2D eigenvalue weighted by Crippen LogP contribution is -2.57. The highest BCUT2D eigenvalue weighted by atomic mass is 19.4. The maximum Gasteiger partial charge on any atom is 0.417 e. The van der Waals surface area contributed by atoms with E-state index in [0.717, 1.165) is 42.9 Å². The summed E-state index contributed by atoms with van der Waals surface area (Å²) in [4.78, 5) is 18.5. The molecule has 0 radical (unpaired) electrons. The van der Waals surface area contributed by atoms with Gasteiger partial charge in [-0.1, -0.05) is 26.8 Å². The number of hydrogen-bond donors (Lipinski definition) is 1. The Kier molecular flexibility index (Phi) is 9.22. The van der Waals surface area contributed by atoms with Crippen molar-refractivity contribution in [1.29, 1.82) is 0 Å². The molecule has 0 spiro atoms. The Morgan fingerprint density at radius 1 is 1.28 bits per heavy atom. The number of carbonyl (C=O) groups excluding carboxylic acids is 1. The second-order valence-corrected chi connectivity index (χ2v) is 10.4. The lowest BCUT2D eigenvalue weighted by molar-refractivity contribution is -0.141. The number of anilines is 1. The van der Waals surface area contributed by atoms with Crippen molar-refractivity contribution in [3.8, 4) is 0 Å². The summed E-state index contributed by atoms with van der Waals surface area (Å²) in [6.07, 6.45) is 3.39. The first kappa shape index (κ1) is 28.2. The van der Waals surface area contributed by atoms with Crippen LogP contribution in [0.3, 0.4) is 0 Å². The standard InChI is InChI=1S/C27H38F3N3O3/c1-18(2)17-33(22-9-12-36-13-10-22)26(4)11-8-20(19(3)14-25(34)35-5)15-23(26)32-24-7-6-21(16-31-24)27(28,29)30/h6-8,15-16,18-19,22H,9-14,17H2,1-5H3,(H,31,32)/t19-,26?/m1/s1. The Bertz CT molecular complexity index is 953. The summed E-state index contributed by atoms with van der Waals surface area (Å²) in [5.41, 5.74) is 0.620. The second kappa shape index (κ2) is 11.8. The van der Waals surface area contributed by atoms with E-state index in [1.807, 2.05) is 13.0 Å². The van der Waals surface area contributed by atoms with Crippen molar-refractivity contribution in [1.82, 2.24) is 9.88 Å². The first-order valence-electron chi connectivity index (χ1n) is 12.6. The van der Waals surface area contributed by atoms with Gasteiger partial charge in [0.25, 0.3) is 0 Å². The molecule has 1 unspecified atom stereocenters. The lowest BCUT2D eigenvalue weighted by Gasteiger charge is -2.50. The Labute approximate surface area is 211 Å². The largest absolute Gasteiger partial charge is 0.469 e. The van der Waals surface area contributed by atoms with Crippen molar-refractivity contribution in [2.45, 2.75) is 71.1 Å². The van der Waals surface area contributed by atoms with Gasteiger partial charge in [0.1, 0.15) is 5.82 Å². The zero-order chi connectivity index (χ0) is 26.5. The van der Waals surface area contributed by atoms with Crippen LogP contribution < -0.4 is 5.32 Å². The molecule has 2 aliphatic rings. The number of nitrogens with zero attached hydrogens (tertiary/aromatic N) is 2. The van der Waals surface area contributed by atoms with E-state index in [2.05, 4.69) is 42.0 Å². The molecule has 36 heavy (non-hydrogen) atoms. The van der Waals surface area contributed by atoms with Crippen LogP contribution in [0.15, 0.2) is 41.8 Å². The van der Waals surface area contributed by atoms with Gasteiger partial charge in [0.05, 0.1) is 24.6 Å². The van der Waals surface area contributed by atoms with Gasteiger partial charge in [-0.3, -0.25) is 9.69 Å². The van der Waals surface area contributed by atoms with Crippen molar-refractivity contribution in [3.05, 3.63) is 47.3 Å². The molecule has 1 fully saturated rings. The molecule has 1 aromatic heterocycles. The number of aromatic nitrogens is 1. The number of nitrogens with one attached hydrogen (secondary N) is 1. The van der Waals surface area contributed by atoms with Crippen LogP contribution in [0.5, 0.6) is 0 Å². The molecular formula is C27H38F3N3O3. The van der Waals surface area contributed by atoms with Gasteiger partial charge in [0, 0.05) is 37.7 Å². The molecule has 1 saturated heterocycles. The molecule has 9 heteroatoms. The fraction of sp³-hybridized carbons (Fsp3) is 0.630. The molecule has 0 amide bonds. The van der Waals surface area contributed by atoms with Gasteiger partial charge in [0.2, 0.25) is 0 Å². The van der Waals surface area contributed by atoms with E-state index in [1.165, 1.54) is 13.2 Å². The number of alkyl halides is 3. The number of ether oxygens (including phenoxy) is 2. The quantitative estimate of drug-likeness (QED) is 0.423. The van der Waals surface area contributed by atoms with Crippen molar-refractivity contribution in [3.63, 3.8) is 0 Å². The van der Waals surface area contributed by atoms with E-state index in [0.29, 0.717) is 37.4 Å². The van der Waals surface area contributed by atoms with E-state index in [4.69, 9.17) is 9.47 Å². The summed E-state index contributed by atoms with van der Waals surface area (Å²) < 4.78 is 49.7. The molecular weight excluding hydrogens is 471 g/mol. The Balaban J connectivity index is 1.98. The van der Waals surface area contributed by atoms with Crippen LogP contribution >= 0.6 is 0 Å². The van der Waals surface area contributed by atoms with Crippen molar-refractivity contribution >= 4 is 11.8 Å². The summed E-state index contributed by atoms with van der Waals surface area (Å²) in [5, 5.41) is 3.35. The zero-order valence-electron chi connectivity index (χ0n) is 21.8. The third-order valence-electron chi connectivity index (χ3n) is 7.08. The van der Waals surface area contributed by atoms with Gasteiger partial charge < -0.3 is 14.8 Å². The first-order chi connectivity index (χ1) is 16.9. The van der Waals surface area contributed by atoms with Crippen LogP contribution in [0.4, 0.5) is 19.0 Å². The second-order valence-electron chi connectivity index (χ2n) is 10.4. The molecule has 200 valence electrons. The average Bonchev–Trinajstić information content (AvgIpc) is 2.84. The normalized spacial score (nSPS) is 22.3. The van der Waals surface area contributed by atoms with Gasteiger partial charge in [-0.15, -0.1) is 0 Å². The maximum atomic E-state index is 13.1. The van der Waals surface area contributed by atoms with Gasteiger partial charge in [-0.05, 0) is 61.8 Å². The minimum absolute atomic E-state index is 0.0685. The predicted octanol–water partition coefficient (Wildman–Crippen LogP) is 5.82. The highest BCUT2D eigenvalue weighted by Gasteiger charge is 2.42. The molecule has 1 aliphatic carbocycles. The minimum Gasteiger partial charge on any atom is -0.469 e. The summed E-state index contributed by atoms with van der Waals surface area (Å²) >= 11 is 0.